The molecule has 7 heteroatoms. The minimum atomic E-state index is -0.555. The van der Waals surface area contributed by atoms with Crippen molar-refractivity contribution in [2.45, 2.75) is 26.4 Å². The fourth-order valence-electron chi connectivity index (χ4n) is 1.21. The lowest BCUT2D eigenvalue weighted by Gasteiger charge is -2.17. The maximum Gasteiger partial charge on any atom is 0.414 e. The Morgan fingerprint density at radius 3 is 3.00 bits per heavy atom. The summed E-state index contributed by atoms with van der Waals surface area (Å²) in [5, 5.41) is 10.3. The van der Waals surface area contributed by atoms with Crippen LogP contribution in [0.2, 0.25) is 0 Å². The topological polar surface area (TPSA) is 96.2 Å². The van der Waals surface area contributed by atoms with Gasteiger partial charge in [0.15, 0.2) is 0 Å². The summed E-state index contributed by atoms with van der Waals surface area (Å²) in [5.74, 6) is -0.205. The standard InChI is InChI=1S/C6H8N4O3.C2H6/c7-4-1-9-2-5(10(11)12)8-6(9)13-3-4;1-2/h2,4H,1,3,7H2;1-2H3. The predicted octanol–water partition coefficient (Wildman–Crippen LogP) is 0.537. The van der Waals surface area contributed by atoms with Crippen molar-refractivity contribution >= 4 is 5.82 Å². The van der Waals surface area contributed by atoms with Crippen LogP contribution in [0.4, 0.5) is 5.82 Å². The first-order valence-electron chi connectivity index (χ1n) is 4.77. The molecule has 0 aromatic carbocycles. The number of ether oxygens (including phenoxy) is 1. The van der Waals surface area contributed by atoms with Crippen LogP contribution in [0, 0.1) is 10.1 Å². The Kier molecular flexibility index (Phi) is 3.62. The van der Waals surface area contributed by atoms with E-state index < -0.39 is 4.92 Å². The Hall–Kier alpha value is -1.63. The summed E-state index contributed by atoms with van der Waals surface area (Å²) in [6, 6.07) is 0.148. The molecule has 2 rings (SSSR count). The number of hydrogen-bond acceptors (Lipinski definition) is 5. The van der Waals surface area contributed by atoms with Gasteiger partial charge in [-0.2, -0.15) is 0 Å². The maximum atomic E-state index is 10.3. The van der Waals surface area contributed by atoms with Gasteiger partial charge in [0.1, 0.15) is 12.8 Å². The van der Waals surface area contributed by atoms with Gasteiger partial charge < -0.3 is 20.6 Å². The molecule has 1 aliphatic rings. The SMILES string of the molecule is CC.NC1COc2nc([N+](=O)[O-])cn2C1. The number of hydrogen-bond donors (Lipinski definition) is 1. The second-order valence-corrected chi connectivity index (χ2v) is 2.86. The molecule has 0 radical (unpaired) electrons. The summed E-state index contributed by atoms with van der Waals surface area (Å²) >= 11 is 0. The summed E-state index contributed by atoms with van der Waals surface area (Å²) in [6.07, 6.45) is 1.33. The molecule has 0 amide bonds. The monoisotopic (exact) mass is 214 g/mol. The summed E-state index contributed by atoms with van der Waals surface area (Å²) in [4.78, 5) is 13.5. The van der Waals surface area contributed by atoms with E-state index in [9.17, 15) is 10.1 Å². The van der Waals surface area contributed by atoms with Crippen LogP contribution in [-0.4, -0.2) is 27.1 Å². The number of nitrogens with two attached hydrogens (primary N) is 1. The molecule has 0 fully saturated rings. The molecule has 0 saturated heterocycles. The van der Waals surface area contributed by atoms with Crippen LogP contribution < -0.4 is 10.5 Å². The molecule has 15 heavy (non-hydrogen) atoms. The minimum Gasteiger partial charge on any atom is -0.444 e. The molecular weight excluding hydrogens is 200 g/mol. The van der Waals surface area contributed by atoms with Gasteiger partial charge in [-0.1, -0.05) is 13.8 Å². The zero-order chi connectivity index (χ0) is 11.4. The van der Waals surface area contributed by atoms with Crippen molar-refractivity contribution in [1.82, 2.24) is 9.55 Å². The lowest BCUT2D eigenvalue weighted by Crippen LogP contribution is -2.36. The molecule has 1 unspecified atom stereocenters. The fraction of sp³-hybridized carbons (Fsp3) is 0.625. The van der Waals surface area contributed by atoms with Gasteiger partial charge in [-0.05, 0) is 4.92 Å². The summed E-state index contributed by atoms with van der Waals surface area (Å²) in [6.45, 7) is 4.87. The first kappa shape index (κ1) is 11.4. The quantitative estimate of drug-likeness (QED) is 0.543. The molecule has 0 saturated carbocycles. The average molecular weight is 214 g/mol. The predicted molar refractivity (Wildman–Crippen MR) is 53.7 cm³/mol. The second-order valence-electron chi connectivity index (χ2n) is 2.86. The van der Waals surface area contributed by atoms with Gasteiger partial charge in [0.25, 0.3) is 0 Å². The highest BCUT2D eigenvalue weighted by Crippen LogP contribution is 2.20. The van der Waals surface area contributed by atoms with Gasteiger partial charge in [0.05, 0.1) is 6.04 Å². The molecule has 1 aromatic rings. The van der Waals surface area contributed by atoms with Crippen LogP contribution in [0.1, 0.15) is 13.8 Å². The van der Waals surface area contributed by atoms with Crippen molar-refractivity contribution in [3.63, 3.8) is 0 Å². The Morgan fingerprint density at radius 1 is 1.73 bits per heavy atom. The van der Waals surface area contributed by atoms with E-state index in [1.54, 1.807) is 4.57 Å². The molecule has 1 aliphatic heterocycles. The van der Waals surface area contributed by atoms with Crippen molar-refractivity contribution in [3.05, 3.63) is 16.3 Å². The van der Waals surface area contributed by atoms with Crippen molar-refractivity contribution < 1.29 is 9.66 Å². The first-order valence-corrected chi connectivity index (χ1v) is 4.77. The van der Waals surface area contributed by atoms with Crippen molar-refractivity contribution in [2.24, 2.45) is 5.73 Å². The Balaban J connectivity index is 0.000000531. The zero-order valence-corrected chi connectivity index (χ0v) is 8.71. The van der Waals surface area contributed by atoms with Crippen LogP contribution in [0.3, 0.4) is 0 Å². The van der Waals surface area contributed by atoms with E-state index >= 15 is 0 Å². The molecule has 7 nitrogen and oxygen atoms in total. The van der Waals surface area contributed by atoms with Crippen molar-refractivity contribution in [1.29, 1.82) is 0 Å². The number of aromatic nitrogens is 2. The van der Waals surface area contributed by atoms with E-state index in [0.717, 1.165) is 0 Å². The molecule has 0 aliphatic carbocycles. The summed E-state index contributed by atoms with van der Waals surface area (Å²) in [7, 11) is 0. The third-order valence-electron chi connectivity index (χ3n) is 1.77. The van der Waals surface area contributed by atoms with Gasteiger partial charge in [0.2, 0.25) is 0 Å². The van der Waals surface area contributed by atoms with E-state index in [2.05, 4.69) is 4.98 Å². The van der Waals surface area contributed by atoms with Gasteiger partial charge in [-0.15, -0.1) is 0 Å². The van der Waals surface area contributed by atoms with E-state index in [1.165, 1.54) is 6.20 Å². The van der Waals surface area contributed by atoms with Crippen LogP contribution in [0.15, 0.2) is 6.20 Å². The zero-order valence-electron chi connectivity index (χ0n) is 8.71. The van der Waals surface area contributed by atoms with Crippen LogP contribution >= 0.6 is 0 Å². The van der Waals surface area contributed by atoms with Gasteiger partial charge in [-0.25, -0.2) is 0 Å². The first-order chi connectivity index (χ1) is 7.16. The molecular formula is C8H14N4O3. The van der Waals surface area contributed by atoms with E-state index in [4.69, 9.17) is 10.5 Å². The lowest BCUT2D eigenvalue weighted by atomic mass is 10.3. The van der Waals surface area contributed by atoms with Crippen LogP contribution in [-0.2, 0) is 6.54 Å². The highest BCUT2D eigenvalue weighted by molar-refractivity contribution is 5.21. The molecule has 2 N–H and O–H groups in total. The van der Waals surface area contributed by atoms with Crippen molar-refractivity contribution in [2.75, 3.05) is 6.61 Å². The third-order valence-corrected chi connectivity index (χ3v) is 1.77. The van der Waals surface area contributed by atoms with Crippen LogP contribution in [0.5, 0.6) is 6.01 Å². The van der Waals surface area contributed by atoms with Gasteiger partial charge in [-0.3, -0.25) is 4.57 Å². The van der Waals surface area contributed by atoms with E-state index in [1.807, 2.05) is 13.8 Å². The summed E-state index contributed by atoms with van der Waals surface area (Å²) in [5.41, 5.74) is 5.59. The molecule has 1 aromatic heterocycles. The van der Waals surface area contributed by atoms with E-state index in [-0.39, 0.29) is 17.9 Å². The number of nitro groups is 1. The molecule has 1 atom stereocenters. The van der Waals surface area contributed by atoms with Crippen LogP contribution in [0.25, 0.3) is 0 Å². The fourth-order valence-corrected chi connectivity index (χ4v) is 1.21. The molecule has 0 spiro atoms. The second kappa shape index (κ2) is 4.74. The number of nitrogens with zero attached hydrogens (tertiary/aromatic N) is 3. The van der Waals surface area contributed by atoms with Crippen molar-refractivity contribution in [3.8, 4) is 6.01 Å². The third kappa shape index (κ3) is 2.44. The molecule has 84 valence electrons. The van der Waals surface area contributed by atoms with Gasteiger partial charge in [0, 0.05) is 11.5 Å². The Morgan fingerprint density at radius 2 is 2.40 bits per heavy atom. The normalized spacial score (nSPS) is 18.2. The Bertz CT molecular complexity index is 350. The van der Waals surface area contributed by atoms with E-state index in [0.29, 0.717) is 13.2 Å². The number of rotatable bonds is 1. The largest absolute Gasteiger partial charge is 0.444 e. The molecule has 2 heterocycles. The highest BCUT2D eigenvalue weighted by Gasteiger charge is 2.25. The summed E-state index contributed by atoms with van der Waals surface area (Å²) < 4.78 is 6.64. The highest BCUT2D eigenvalue weighted by atomic mass is 16.6. The number of fused-ring (bicyclic) bond motifs is 1. The Labute approximate surface area is 87.0 Å². The number of imidazole rings is 1. The smallest absolute Gasteiger partial charge is 0.414 e. The van der Waals surface area contributed by atoms with Gasteiger partial charge >= 0.3 is 11.8 Å². The average Bonchev–Trinajstić information content (AvgIpc) is 2.63. The lowest BCUT2D eigenvalue weighted by molar-refractivity contribution is -0.389. The molecule has 0 bridgehead atoms. The minimum absolute atomic E-state index is 0.124. The maximum absolute atomic E-state index is 10.3.